The Hall–Kier alpha value is -2.38. The Balaban J connectivity index is 0.00000261. The van der Waals surface area contributed by atoms with E-state index in [9.17, 15) is 14.0 Å². The Morgan fingerprint density at radius 2 is 2.11 bits per heavy atom. The molecule has 3 rings (SSSR count). The van der Waals surface area contributed by atoms with E-state index in [1.807, 2.05) is 0 Å². The van der Waals surface area contributed by atoms with Crippen LogP contribution in [0.5, 0.6) is 0 Å². The number of nitrogens with one attached hydrogen (secondary N) is 3. The van der Waals surface area contributed by atoms with Gasteiger partial charge in [0.25, 0.3) is 5.91 Å². The molecule has 1 unspecified atom stereocenters. The van der Waals surface area contributed by atoms with E-state index in [4.69, 9.17) is 4.42 Å². The zero-order valence-electron chi connectivity index (χ0n) is 15.0. The van der Waals surface area contributed by atoms with Crippen LogP contribution in [0.25, 0.3) is 0 Å². The van der Waals surface area contributed by atoms with Gasteiger partial charge < -0.3 is 20.4 Å². The minimum atomic E-state index is -0.575. The molecule has 0 bridgehead atoms. The van der Waals surface area contributed by atoms with Crippen LogP contribution < -0.4 is 16.0 Å². The molecule has 2 amide bonds. The molecule has 2 heterocycles. The fourth-order valence-electron chi connectivity index (χ4n) is 3.03. The molecule has 2 aromatic rings. The van der Waals surface area contributed by atoms with Gasteiger partial charge in [0.1, 0.15) is 11.6 Å². The number of amides is 2. The summed E-state index contributed by atoms with van der Waals surface area (Å²) in [6, 6.07) is 5.63. The number of carbonyl (C=O) groups is 2. The minimum Gasteiger partial charge on any atom is -0.469 e. The summed E-state index contributed by atoms with van der Waals surface area (Å²) < 4.78 is 19.1. The molecule has 1 atom stereocenters. The molecular formula is C19H23ClFN3O3. The standard InChI is InChI=1S/C19H22FN3O3.ClH/c1-12-15(7-9-26-12)19(25)23-17-10-14(3-4-16(17)20)22-18(24)5-2-13-6-8-21-11-13;/h3-4,7,9-10,13,21H,2,5-6,8,11H2,1H3,(H,22,24)(H,23,25);1H. The molecule has 3 N–H and O–H groups in total. The SMILES string of the molecule is Cc1occc1C(=O)Nc1cc(NC(=O)CCC2CCNC2)ccc1F.Cl. The Morgan fingerprint density at radius 1 is 1.30 bits per heavy atom. The van der Waals surface area contributed by atoms with E-state index in [1.165, 1.54) is 30.5 Å². The molecule has 1 aromatic carbocycles. The largest absolute Gasteiger partial charge is 0.469 e. The lowest BCUT2D eigenvalue weighted by atomic mass is 10.0. The molecule has 6 nitrogen and oxygen atoms in total. The number of anilines is 2. The number of benzene rings is 1. The average Bonchev–Trinajstić information content (AvgIpc) is 3.27. The van der Waals surface area contributed by atoms with Crippen LogP contribution in [0.1, 0.15) is 35.4 Å². The molecule has 0 radical (unpaired) electrons. The molecule has 146 valence electrons. The summed E-state index contributed by atoms with van der Waals surface area (Å²) in [7, 11) is 0. The number of halogens is 2. The number of rotatable bonds is 6. The molecule has 1 aliphatic rings. The lowest BCUT2D eigenvalue weighted by Gasteiger charge is -2.11. The van der Waals surface area contributed by atoms with Crippen LogP contribution in [0.4, 0.5) is 15.8 Å². The van der Waals surface area contributed by atoms with Crippen molar-refractivity contribution in [3.63, 3.8) is 0 Å². The highest BCUT2D eigenvalue weighted by atomic mass is 35.5. The van der Waals surface area contributed by atoms with Crippen LogP contribution in [0.3, 0.4) is 0 Å². The lowest BCUT2D eigenvalue weighted by Crippen LogP contribution is -2.16. The first-order valence-corrected chi connectivity index (χ1v) is 8.68. The van der Waals surface area contributed by atoms with Gasteiger partial charge in [-0.25, -0.2) is 4.39 Å². The number of hydrogen-bond donors (Lipinski definition) is 3. The summed E-state index contributed by atoms with van der Waals surface area (Å²) in [6.45, 7) is 3.61. The van der Waals surface area contributed by atoms with Crippen molar-refractivity contribution in [3.05, 3.63) is 47.7 Å². The van der Waals surface area contributed by atoms with Crippen LogP contribution in [0.15, 0.2) is 34.9 Å². The van der Waals surface area contributed by atoms with Crippen molar-refractivity contribution in [3.8, 4) is 0 Å². The quantitative estimate of drug-likeness (QED) is 0.696. The predicted octanol–water partition coefficient (Wildman–Crippen LogP) is 3.73. The van der Waals surface area contributed by atoms with E-state index >= 15 is 0 Å². The normalized spacial score (nSPS) is 15.9. The fraction of sp³-hybridized carbons (Fsp3) is 0.368. The molecule has 1 saturated heterocycles. The highest BCUT2D eigenvalue weighted by molar-refractivity contribution is 6.05. The summed E-state index contributed by atoms with van der Waals surface area (Å²) in [5.74, 6) is -0.177. The molecule has 0 spiro atoms. The van der Waals surface area contributed by atoms with Crippen LogP contribution in [-0.4, -0.2) is 24.9 Å². The third-order valence-corrected chi connectivity index (χ3v) is 4.54. The molecule has 8 heteroatoms. The molecule has 1 aromatic heterocycles. The minimum absolute atomic E-state index is 0. The molecular weight excluding hydrogens is 373 g/mol. The van der Waals surface area contributed by atoms with Crippen molar-refractivity contribution in [1.82, 2.24) is 5.32 Å². The third-order valence-electron chi connectivity index (χ3n) is 4.54. The zero-order valence-corrected chi connectivity index (χ0v) is 15.8. The van der Waals surface area contributed by atoms with Crippen molar-refractivity contribution < 1.29 is 18.4 Å². The van der Waals surface area contributed by atoms with E-state index in [-0.39, 0.29) is 24.0 Å². The van der Waals surface area contributed by atoms with Gasteiger partial charge in [0, 0.05) is 12.1 Å². The Labute approximate surface area is 163 Å². The summed E-state index contributed by atoms with van der Waals surface area (Å²) in [5.41, 5.74) is 0.789. The smallest absolute Gasteiger partial charge is 0.259 e. The van der Waals surface area contributed by atoms with Crippen molar-refractivity contribution in [2.45, 2.75) is 26.2 Å². The second-order valence-electron chi connectivity index (χ2n) is 6.48. The Bertz CT molecular complexity index is 803. The first-order chi connectivity index (χ1) is 12.5. The highest BCUT2D eigenvalue weighted by Crippen LogP contribution is 2.22. The number of furan rings is 1. The van der Waals surface area contributed by atoms with E-state index in [1.54, 1.807) is 6.92 Å². The Kier molecular flexibility index (Phi) is 7.38. The van der Waals surface area contributed by atoms with Gasteiger partial charge >= 0.3 is 0 Å². The van der Waals surface area contributed by atoms with Gasteiger partial charge in [0.15, 0.2) is 0 Å². The van der Waals surface area contributed by atoms with Gasteiger partial charge in [-0.1, -0.05) is 0 Å². The number of carbonyl (C=O) groups excluding carboxylic acids is 2. The molecule has 0 aliphatic carbocycles. The maximum absolute atomic E-state index is 14.0. The second-order valence-corrected chi connectivity index (χ2v) is 6.48. The molecule has 1 aliphatic heterocycles. The summed E-state index contributed by atoms with van der Waals surface area (Å²) in [6.07, 6.45) is 3.73. The third kappa shape index (κ3) is 5.55. The lowest BCUT2D eigenvalue weighted by molar-refractivity contribution is -0.116. The molecule has 0 saturated carbocycles. The predicted molar refractivity (Wildman–Crippen MR) is 104 cm³/mol. The number of hydrogen-bond acceptors (Lipinski definition) is 4. The Morgan fingerprint density at radius 3 is 2.78 bits per heavy atom. The van der Waals surface area contributed by atoms with Gasteiger partial charge in [-0.2, -0.15) is 0 Å². The van der Waals surface area contributed by atoms with E-state index in [0.717, 1.165) is 25.9 Å². The average molecular weight is 396 g/mol. The summed E-state index contributed by atoms with van der Waals surface area (Å²) in [5, 5.41) is 8.54. The second kappa shape index (κ2) is 9.53. The maximum atomic E-state index is 14.0. The van der Waals surface area contributed by atoms with Crippen LogP contribution in [-0.2, 0) is 4.79 Å². The summed E-state index contributed by atoms with van der Waals surface area (Å²) >= 11 is 0. The van der Waals surface area contributed by atoms with Crippen LogP contribution in [0, 0.1) is 18.7 Å². The topological polar surface area (TPSA) is 83.4 Å². The van der Waals surface area contributed by atoms with Crippen molar-refractivity contribution in [2.24, 2.45) is 5.92 Å². The van der Waals surface area contributed by atoms with Gasteiger partial charge in [0.2, 0.25) is 5.91 Å². The van der Waals surface area contributed by atoms with Gasteiger partial charge in [0.05, 0.1) is 17.5 Å². The maximum Gasteiger partial charge on any atom is 0.259 e. The van der Waals surface area contributed by atoms with Gasteiger partial charge in [-0.3, -0.25) is 9.59 Å². The highest BCUT2D eigenvalue weighted by Gasteiger charge is 2.17. The first kappa shape index (κ1) is 20.9. The van der Waals surface area contributed by atoms with Crippen molar-refractivity contribution in [1.29, 1.82) is 0 Å². The monoisotopic (exact) mass is 395 g/mol. The van der Waals surface area contributed by atoms with Crippen molar-refractivity contribution in [2.75, 3.05) is 23.7 Å². The van der Waals surface area contributed by atoms with Crippen LogP contribution >= 0.6 is 12.4 Å². The molecule has 1 fully saturated rings. The summed E-state index contributed by atoms with van der Waals surface area (Å²) in [4.78, 5) is 24.3. The van der Waals surface area contributed by atoms with E-state index in [0.29, 0.717) is 29.3 Å². The first-order valence-electron chi connectivity index (χ1n) is 8.68. The van der Waals surface area contributed by atoms with E-state index in [2.05, 4.69) is 16.0 Å². The van der Waals surface area contributed by atoms with Crippen molar-refractivity contribution >= 4 is 35.6 Å². The van der Waals surface area contributed by atoms with Crippen LogP contribution in [0.2, 0.25) is 0 Å². The zero-order chi connectivity index (χ0) is 18.5. The molecule has 27 heavy (non-hydrogen) atoms. The van der Waals surface area contributed by atoms with E-state index < -0.39 is 11.7 Å². The van der Waals surface area contributed by atoms with Gasteiger partial charge in [-0.05, 0) is 63.0 Å². The van der Waals surface area contributed by atoms with Gasteiger partial charge in [-0.15, -0.1) is 12.4 Å². The number of aryl methyl sites for hydroxylation is 1. The fourth-order valence-corrected chi connectivity index (χ4v) is 3.03.